The maximum Gasteiger partial charge on any atom is 0.133 e. The van der Waals surface area contributed by atoms with Crippen molar-refractivity contribution in [2.75, 3.05) is 16.8 Å². The molecule has 2 aliphatic rings. The van der Waals surface area contributed by atoms with Crippen LogP contribution in [0.25, 0.3) is 21.9 Å². The number of anilines is 3. The van der Waals surface area contributed by atoms with Crippen molar-refractivity contribution in [1.82, 2.24) is 0 Å². The summed E-state index contributed by atoms with van der Waals surface area (Å²) in [6.07, 6.45) is 0.228. The average Bonchev–Trinajstić information content (AvgIpc) is 3.26. The number of hydrogen-bond donors (Lipinski definition) is 0. The van der Waals surface area contributed by atoms with Gasteiger partial charge in [0, 0.05) is 50.5 Å². The molecule has 1 radical (unpaired) electrons. The fourth-order valence-corrected chi connectivity index (χ4v) is 4.60. The normalized spacial score (nSPS) is 17.5. The zero-order valence-electron chi connectivity index (χ0n) is 14.7. The van der Waals surface area contributed by atoms with E-state index in [9.17, 15) is 0 Å². The molecule has 4 aromatic rings. The van der Waals surface area contributed by atoms with Gasteiger partial charge in [-0.3, -0.25) is 0 Å². The molecular weight excluding hydrogens is 397 g/mol. The van der Waals surface area contributed by atoms with Crippen molar-refractivity contribution in [3.8, 4) is 0 Å². The summed E-state index contributed by atoms with van der Waals surface area (Å²) in [6.45, 7) is 2.24. The van der Waals surface area contributed by atoms with Crippen LogP contribution in [-0.2, 0) is 32.7 Å². The summed E-state index contributed by atoms with van der Waals surface area (Å²) < 4.78 is 6.33. The van der Waals surface area contributed by atoms with Crippen LogP contribution in [0.5, 0.6) is 0 Å². The Balaban J connectivity index is 0.00000150. The summed E-state index contributed by atoms with van der Waals surface area (Å²) in [7, 11) is 2.18. The van der Waals surface area contributed by atoms with E-state index in [0.717, 1.165) is 11.2 Å². The minimum absolute atomic E-state index is 0. The van der Waals surface area contributed by atoms with Crippen LogP contribution < -0.4 is 9.80 Å². The molecule has 1 atom stereocenters. The number of benzene rings is 3. The SMILES string of the molecule is C[C-]1c2ccc3c(oc4ccccc43)c2N2c3ccccc3N(C)C12.[Y]. The second kappa shape index (κ2) is 5.51. The predicted molar refractivity (Wildman–Crippen MR) is 103 cm³/mol. The van der Waals surface area contributed by atoms with Gasteiger partial charge in [-0.25, -0.2) is 0 Å². The topological polar surface area (TPSA) is 19.6 Å². The van der Waals surface area contributed by atoms with Crippen molar-refractivity contribution in [2.45, 2.75) is 13.1 Å². The molecule has 1 aromatic heterocycles. The van der Waals surface area contributed by atoms with Gasteiger partial charge in [-0.15, -0.1) is 12.0 Å². The average molecular weight is 414 g/mol. The van der Waals surface area contributed by atoms with Crippen molar-refractivity contribution < 1.29 is 37.1 Å². The summed E-state index contributed by atoms with van der Waals surface area (Å²) >= 11 is 0. The number of furan rings is 1. The zero-order valence-corrected chi connectivity index (χ0v) is 17.6. The number of hydrogen-bond acceptors (Lipinski definition) is 3. The van der Waals surface area contributed by atoms with E-state index in [1.165, 1.54) is 39.3 Å². The number of para-hydroxylation sites is 3. The van der Waals surface area contributed by atoms with Gasteiger partial charge in [-0.1, -0.05) is 37.3 Å². The Bertz CT molecular complexity index is 1170. The monoisotopic (exact) mass is 414 g/mol. The van der Waals surface area contributed by atoms with Gasteiger partial charge in [0.1, 0.15) is 11.2 Å². The number of likely N-dealkylation sites (N-methyl/N-ethyl adjacent to an activating group) is 1. The van der Waals surface area contributed by atoms with E-state index in [-0.39, 0.29) is 38.9 Å². The van der Waals surface area contributed by atoms with Crippen LogP contribution in [0.1, 0.15) is 12.5 Å². The predicted octanol–water partition coefficient (Wildman–Crippen LogP) is 5.45. The van der Waals surface area contributed by atoms with Crippen LogP contribution in [0.2, 0.25) is 0 Å². The van der Waals surface area contributed by atoms with Gasteiger partial charge >= 0.3 is 0 Å². The maximum atomic E-state index is 6.33. The van der Waals surface area contributed by atoms with Gasteiger partial charge in [0.2, 0.25) is 0 Å². The molecule has 3 heterocycles. The molecule has 0 N–H and O–H groups in total. The van der Waals surface area contributed by atoms with E-state index in [1.54, 1.807) is 0 Å². The molecule has 0 fully saturated rings. The first-order valence-electron chi connectivity index (χ1n) is 8.65. The summed E-state index contributed by atoms with van der Waals surface area (Å²) in [4.78, 5) is 4.80. The Morgan fingerprint density at radius 1 is 0.885 bits per heavy atom. The molecule has 0 saturated carbocycles. The maximum absolute atomic E-state index is 6.33. The molecule has 0 spiro atoms. The van der Waals surface area contributed by atoms with Gasteiger partial charge in [-0.05, 0) is 23.9 Å². The summed E-state index contributed by atoms with van der Waals surface area (Å²) in [5.41, 5.74) is 6.95. The molecule has 3 aromatic carbocycles. The molecule has 3 nitrogen and oxygen atoms in total. The molecule has 0 bridgehead atoms. The molecule has 0 aliphatic carbocycles. The van der Waals surface area contributed by atoms with E-state index < -0.39 is 0 Å². The van der Waals surface area contributed by atoms with Gasteiger partial charge in [-0.2, -0.15) is 11.6 Å². The fourth-order valence-electron chi connectivity index (χ4n) is 4.60. The van der Waals surface area contributed by atoms with E-state index >= 15 is 0 Å². The second-order valence-corrected chi connectivity index (χ2v) is 6.96. The first-order valence-corrected chi connectivity index (χ1v) is 8.65. The first kappa shape index (κ1) is 16.2. The van der Waals surface area contributed by atoms with Crippen molar-refractivity contribution >= 4 is 39.0 Å². The van der Waals surface area contributed by atoms with Crippen LogP contribution >= 0.6 is 0 Å². The molecule has 1 unspecified atom stereocenters. The molecule has 26 heavy (non-hydrogen) atoms. The number of nitrogens with zero attached hydrogens (tertiary/aromatic N) is 2. The van der Waals surface area contributed by atoms with E-state index in [1.807, 2.05) is 6.07 Å². The fraction of sp³-hybridized carbons (Fsp3) is 0.136. The molecule has 0 amide bonds. The van der Waals surface area contributed by atoms with Gasteiger partial charge in [0.25, 0.3) is 0 Å². The third-order valence-electron chi connectivity index (χ3n) is 5.71. The second-order valence-electron chi connectivity index (χ2n) is 6.96. The van der Waals surface area contributed by atoms with E-state index in [4.69, 9.17) is 4.42 Å². The van der Waals surface area contributed by atoms with Crippen LogP contribution in [0, 0.1) is 5.92 Å². The Morgan fingerprint density at radius 2 is 1.62 bits per heavy atom. The third-order valence-corrected chi connectivity index (χ3v) is 5.71. The molecular formula is C22H17N2OY-. The summed E-state index contributed by atoms with van der Waals surface area (Å²) in [5.74, 6) is 1.37. The van der Waals surface area contributed by atoms with Crippen LogP contribution in [0.4, 0.5) is 17.1 Å². The van der Waals surface area contributed by atoms with Crippen molar-refractivity contribution in [3.63, 3.8) is 0 Å². The van der Waals surface area contributed by atoms with E-state index in [0.29, 0.717) is 0 Å². The Labute approximate surface area is 177 Å². The van der Waals surface area contributed by atoms with Crippen molar-refractivity contribution in [1.29, 1.82) is 0 Å². The minimum Gasteiger partial charge on any atom is -0.467 e. The Kier molecular flexibility index (Phi) is 3.44. The molecule has 2 aliphatic heterocycles. The van der Waals surface area contributed by atoms with Gasteiger partial charge in [0.05, 0.1) is 17.5 Å². The van der Waals surface area contributed by atoms with Crippen LogP contribution in [-0.4, -0.2) is 13.2 Å². The zero-order chi connectivity index (χ0) is 16.7. The first-order chi connectivity index (χ1) is 12.3. The standard InChI is InChI=1S/C22H17N2O.Y/c1-13-14-11-12-16-15-7-3-6-10-19(15)25-21(16)20(14)24-18-9-5-4-8-17(18)23(2)22(13)24;/h3-12,22H,1-2H3;/q-1;. The summed E-state index contributed by atoms with van der Waals surface area (Å²) in [5, 5.41) is 2.37. The molecule has 0 saturated heterocycles. The van der Waals surface area contributed by atoms with Crippen LogP contribution in [0.15, 0.2) is 65.1 Å². The number of fused-ring (bicyclic) bond motifs is 9. The van der Waals surface area contributed by atoms with E-state index in [2.05, 4.69) is 78.4 Å². The smallest absolute Gasteiger partial charge is 0.133 e. The quantitative estimate of drug-likeness (QED) is 0.357. The third kappa shape index (κ3) is 1.83. The molecule has 4 heteroatoms. The van der Waals surface area contributed by atoms with Crippen molar-refractivity contribution in [3.05, 3.63) is 72.1 Å². The summed E-state index contributed by atoms with van der Waals surface area (Å²) in [6, 6.07) is 21.4. The minimum atomic E-state index is 0. The molecule has 125 valence electrons. The molecule has 6 rings (SSSR count). The Hall–Kier alpha value is -1.97. The van der Waals surface area contributed by atoms with Crippen LogP contribution in [0.3, 0.4) is 0 Å². The largest absolute Gasteiger partial charge is 0.467 e. The van der Waals surface area contributed by atoms with Gasteiger partial charge in [0.15, 0.2) is 0 Å². The van der Waals surface area contributed by atoms with Crippen molar-refractivity contribution in [2.24, 2.45) is 0 Å². The van der Waals surface area contributed by atoms with Gasteiger partial charge < -0.3 is 14.2 Å². The number of rotatable bonds is 0. The Morgan fingerprint density at radius 3 is 2.46 bits per heavy atom.